The molecule has 0 radical (unpaired) electrons. The normalized spacial score (nSPS) is 10.0. The number of benzene rings is 1. The number of anilines is 2. The zero-order valence-corrected chi connectivity index (χ0v) is 13.3. The Bertz CT molecular complexity index is 670. The summed E-state index contributed by atoms with van der Waals surface area (Å²) in [5.74, 6) is -0.200. The first-order valence-electron chi connectivity index (χ1n) is 6.47. The maximum atomic E-state index is 12.3. The van der Waals surface area contributed by atoms with Crippen molar-refractivity contribution in [3.05, 3.63) is 64.9 Å². The van der Waals surface area contributed by atoms with Gasteiger partial charge in [-0.2, -0.15) is 0 Å². The molecule has 0 saturated heterocycles. The minimum absolute atomic E-state index is 0.200. The Balaban J connectivity index is 2.14. The highest BCUT2D eigenvalue weighted by atomic mass is 79.9. The maximum absolute atomic E-state index is 12.3. The molecule has 0 fully saturated rings. The van der Waals surface area contributed by atoms with Crippen molar-refractivity contribution in [1.29, 1.82) is 0 Å². The molecule has 1 heterocycles. The fourth-order valence-corrected chi connectivity index (χ4v) is 2.36. The molecular weight excluding hydrogens is 330 g/mol. The van der Waals surface area contributed by atoms with Crippen LogP contribution in [-0.2, 0) is 0 Å². The molecule has 4 nitrogen and oxygen atoms in total. The van der Waals surface area contributed by atoms with E-state index in [1.54, 1.807) is 18.3 Å². The summed E-state index contributed by atoms with van der Waals surface area (Å²) in [4.78, 5) is 16.3. The molecule has 0 bridgehead atoms. The second kappa shape index (κ2) is 7.04. The van der Waals surface area contributed by atoms with Crippen LogP contribution in [0.25, 0.3) is 0 Å². The van der Waals surface area contributed by atoms with Crippen LogP contribution < -0.4 is 10.6 Å². The molecule has 108 valence electrons. The number of aromatic nitrogens is 1. The summed E-state index contributed by atoms with van der Waals surface area (Å²) < 4.78 is 0.852. The Hall–Kier alpha value is -2.14. The van der Waals surface area contributed by atoms with Crippen LogP contribution in [0.5, 0.6) is 0 Å². The second-order valence-corrected chi connectivity index (χ2v) is 5.42. The molecule has 2 rings (SSSR count). The van der Waals surface area contributed by atoms with Crippen LogP contribution in [0.4, 0.5) is 11.4 Å². The first kappa shape index (κ1) is 15.3. The monoisotopic (exact) mass is 345 g/mol. The number of amides is 1. The molecule has 1 amide bonds. The highest BCUT2D eigenvalue weighted by Gasteiger charge is 2.09. The van der Waals surface area contributed by atoms with Gasteiger partial charge in [-0.25, -0.2) is 0 Å². The quantitative estimate of drug-likeness (QED) is 0.805. The number of pyridine rings is 1. The van der Waals surface area contributed by atoms with Crippen LogP contribution in [0.3, 0.4) is 0 Å². The summed E-state index contributed by atoms with van der Waals surface area (Å²) in [5, 5.41) is 5.97. The van der Waals surface area contributed by atoms with E-state index in [-0.39, 0.29) is 5.91 Å². The smallest absolute Gasteiger partial charge is 0.257 e. The van der Waals surface area contributed by atoms with Crippen LogP contribution in [0.1, 0.15) is 15.9 Å². The van der Waals surface area contributed by atoms with Crippen molar-refractivity contribution in [2.75, 3.05) is 17.2 Å². The Morgan fingerprint density at radius 1 is 1.38 bits per heavy atom. The number of nitrogens with one attached hydrogen (secondary N) is 2. The van der Waals surface area contributed by atoms with E-state index in [9.17, 15) is 4.79 Å². The van der Waals surface area contributed by atoms with Crippen molar-refractivity contribution in [2.45, 2.75) is 6.92 Å². The van der Waals surface area contributed by atoms with Gasteiger partial charge in [-0.05, 0) is 46.6 Å². The first-order valence-corrected chi connectivity index (χ1v) is 7.27. The fraction of sp³-hybridized carbons (Fsp3) is 0.125. The Kier molecular flexibility index (Phi) is 5.11. The molecule has 0 atom stereocenters. The molecule has 21 heavy (non-hydrogen) atoms. The van der Waals surface area contributed by atoms with E-state index in [4.69, 9.17) is 0 Å². The zero-order valence-electron chi connectivity index (χ0n) is 11.7. The van der Waals surface area contributed by atoms with E-state index in [0.717, 1.165) is 21.4 Å². The highest BCUT2D eigenvalue weighted by molar-refractivity contribution is 9.10. The van der Waals surface area contributed by atoms with Crippen LogP contribution in [0.2, 0.25) is 0 Å². The van der Waals surface area contributed by atoms with Crippen LogP contribution >= 0.6 is 15.9 Å². The number of carbonyl (C=O) groups is 1. The maximum Gasteiger partial charge on any atom is 0.257 e. The van der Waals surface area contributed by atoms with Gasteiger partial charge in [0.15, 0.2) is 0 Å². The van der Waals surface area contributed by atoms with E-state index in [1.165, 1.54) is 6.20 Å². The van der Waals surface area contributed by atoms with E-state index >= 15 is 0 Å². The lowest BCUT2D eigenvalue weighted by Gasteiger charge is -2.09. The van der Waals surface area contributed by atoms with Gasteiger partial charge in [0.05, 0.1) is 16.9 Å². The lowest BCUT2D eigenvalue weighted by molar-refractivity contribution is 0.102. The minimum atomic E-state index is -0.200. The third kappa shape index (κ3) is 4.16. The topological polar surface area (TPSA) is 54.0 Å². The second-order valence-electron chi connectivity index (χ2n) is 4.57. The minimum Gasteiger partial charge on any atom is -0.380 e. The number of rotatable bonds is 5. The molecule has 0 spiro atoms. The number of aryl methyl sites for hydroxylation is 1. The third-order valence-corrected chi connectivity index (χ3v) is 3.48. The molecule has 2 aromatic rings. The summed E-state index contributed by atoms with van der Waals surface area (Å²) in [6, 6.07) is 7.52. The standard InChI is InChI=1S/C16H16BrN3O/c1-3-6-19-13-8-12(9-18-10-13)16(21)20-15-5-4-11(2)7-14(15)17/h3-5,7-10,19H,1,6H2,2H3,(H,20,21). The zero-order chi connectivity index (χ0) is 15.2. The average Bonchev–Trinajstić information content (AvgIpc) is 2.48. The van der Waals surface area contributed by atoms with Gasteiger partial charge < -0.3 is 10.6 Å². The SMILES string of the molecule is C=CCNc1cncc(C(=O)Nc2ccc(C)cc2Br)c1. The summed E-state index contributed by atoms with van der Waals surface area (Å²) in [7, 11) is 0. The molecule has 2 N–H and O–H groups in total. The van der Waals surface area contributed by atoms with E-state index < -0.39 is 0 Å². The lowest BCUT2D eigenvalue weighted by Crippen LogP contribution is -2.13. The molecule has 5 heteroatoms. The summed E-state index contributed by atoms with van der Waals surface area (Å²) in [5.41, 5.74) is 3.13. The molecule has 0 aliphatic carbocycles. The van der Waals surface area contributed by atoms with Crippen molar-refractivity contribution in [1.82, 2.24) is 4.98 Å². The molecule has 0 saturated carbocycles. The molecule has 1 aromatic heterocycles. The number of halogens is 1. The summed E-state index contributed by atoms with van der Waals surface area (Å²) in [6.45, 7) is 6.25. The molecule has 0 aliphatic rings. The predicted octanol–water partition coefficient (Wildman–Crippen LogP) is 4.00. The van der Waals surface area contributed by atoms with Crippen LogP contribution in [0.15, 0.2) is 53.8 Å². The number of carbonyl (C=O) groups excluding carboxylic acids is 1. The molecule has 1 aromatic carbocycles. The van der Waals surface area contributed by atoms with E-state index in [2.05, 4.69) is 38.1 Å². The van der Waals surface area contributed by atoms with Gasteiger partial charge in [-0.1, -0.05) is 12.1 Å². The number of hydrogen-bond acceptors (Lipinski definition) is 3. The molecular formula is C16H16BrN3O. The van der Waals surface area contributed by atoms with Crippen LogP contribution in [-0.4, -0.2) is 17.4 Å². The van der Waals surface area contributed by atoms with E-state index in [1.807, 2.05) is 25.1 Å². The summed E-state index contributed by atoms with van der Waals surface area (Å²) >= 11 is 3.44. The van der Waals surface area contributed by atoms with Crippen molar-refractivity contribution < 1.29 is 4.79 Å². The van der Waals surface area contributed by atoms with Crippen molar-refractivity contribution in [3.8, 4) is 0 Å². The van der Waals surface area contributed by atoms with Gasteiger partial charge in [-0.3, -0.25) is 9.78 Å². The van der Waals surface area contributed by atoms with Gasteiger partial charge in [0.25, 0.3) is 5.91 Å². The Morgan fingerprint density at radius 3 is 2.90 bits per heavy atom. The van der Waals surface area contributed by atoms with Crippen molar-refractivity contribution >= 4 is 33.2 Å². The van der Waals surface area contributed by atoms with Gasteiger partial charge in [0.1, 0.15) is 0 Å². The molecule has 0 aliphatic heterocycles. The Labute approximate surface area is 132 Å². The third-order valence-electron chi connectivity index (χ3n) is 2.82. The first-order chi connectivity index (χ1) is 10.1. The Morgan fingerprint density at radius 2 is 2.19 bits per heavy atom. The number of hydrogen-bond donors (Lipinski definition) is 2. The van der Waals surface area contributed by atoms with Gasteiger partial charge in [-0.15, -0.1) is 6.58 Å². The van der Waals surface area contributed by atoms with Gasteiger partial charge in [0.2, 0.25) is 0 Å². The van der Waals surface area contributed by atoms with E-state index in [0.29, 0.717) is 12.1 Å². The number of nitrogens with zero attached hydrogens (tertiary/aromatic N) is 1. The van der Waals surface area contributed by atoms with Gasteiger partial charge in [0, 0.05) is 23.4 Å². The highest BCUT2D eigenvalue weighted by Crippen LogP contribution is 2.24. The molecule has 0 unspecified atom stereocenters. The van der Waals surface area contributed by atoms with Crippen molar-refractivity contribution in [2.24, 2.45) is 0 Å². The van der Waals surface area contributed by atoms with Crippen molar-refractivity contribution in [3.63, 3.8) is 0 Å². The fourth-order valence-electron chi connectivity index (χ4n) is 1.77. The average molecular weight is 346 g/mol. The lowest BCUT2D eigenvalue weighted by atomic mass is 10.2. The van der Waals surface area contributed by atoms with Gasteiger partial charge >= 0.3 is 0 Å². The summed E-state index contributed by atoms with van der Waals surface area (Å²) in [6.07, 6.45) is 4.95. The predicted molar refractivity (Wildman–Crippen MR) is 89.8 cm³/mol. The van der Waals surface area contributed by atoms with Crippen LogP contribution in [0, 0.1) is 6.92 Å². The largest absolute Gasteiger partial charge is 0.380 e.